The predicted molar refractivity (Wildman–Crippen MR) is 104 cm³/mol. The number of nitrogens with zero attached hydrogens (tertiary/aromatic N) is 2. The van der Waals surface area contributed by atoms with Gasteiger partial charge in [-0.3, -0.25) is 4.79 Å². The van der Waals surface area contributed by atoms with Crippen molar-refractivity contribution in [2.24, 2.45) is 0 Å². The van der Waals surface area contributed by atoms with Gasteiger partial charge in [0.25, 0.3) is 0 Å². The number of hydrogen-bond donors (Lipinski definition) is 0. The number of pyridine rings is 1. The first-order chi connectivity index (χ1) is 13.4. The van der Waals surface area contributed by atoms with E-state index in [0.717, 1.165) is 17.0 Å². The van der Waals surface area contributed by atoms with Crippen molar-refractivity contribution in [3.8, 4) is 0 Å². The van der Waals surface area contributed by atoms with Gasteiger partial charge < -0.3 is 14.5 Å². The first kappa shape index (κ1) is 19.4. The van der Waals surface area contributed by atoms with Gasteiger partial charge in [-0.05, 0) is 38.5 Å². The Balaban J connectivity index is 1.76. The minimum Gasteiger partial charge on any atom is -0.618 e. The molecule has 28 heavy (non-hydrogen) atoms. The molecule has 0 fully saturated rings. The Bertz CT molecular complexity index is 1010. The number of ketones is 1. The molecule has 0 aliphatic heterocycles. The SMILES string of the molecule is Cc1cc(C(=O)COC(=O)c2cccc[n+]2[O-])c(C)n1[C@H](C)c1ccccc1. The molecule has 144 valence electrons. The zero-order valence-electron chi connectivity index (χ0n) is 16.1. The summed E-state index contributed by atoms with van der Waals surface area (Å²) in [5.41, 5.74) is 3.26. The third-order valence-corrected chi connectivity index (χ3v) is 4.82. The van der Waals surface area contributed by atoms with Crippen molar-refractivity contribution in [2.45, 2.75) is 26.8 Å². The molecule has 1 aromatic carbocycles. The lowest BCUT2D eigenvalue weighted by molar-refractivity contribution is -0.608. The Morgan fingerprint density at radius 1 is 1.11 bits per heavy atom. The zero-order valence-corrected chi connectivity index (χ0v) is 16.1. The molecule has 0 bridgehead atoms. The van der Waals surface area contributed by atoms with Crippen LogP contribution in [0, 0.1) is 19.1 Å². The van der Waals surface area contributed by atoms with Crippen molar-refractivity contribution in [1.82, 2.24) is 4.57 Å². The van der Waals surface area contributed by atoms with Gasteiger partial charge in [0.05, 0.1) is 6.04 Å². The van der Waals surface area contributed by atoms with E-state index in [1.807, 2.05) is 44.2 Å². The van der Waals surface area contributed by atoms with Crippen LogP contribution in [0.2, 0.25) is 0 Å². The highest BCUT2D eigenvalue weighted by Gasteiger charge is 2.22. The maximum atomic E-state index is 12.6. The fourth-order valence-electron chi connectivity index (χ4n) is 3.41. The number of aromatic nitrogens is 2. The van der Waals surface area contributed by atoms with Crippen molar-refractivity contribution in [3.63, 3.8) is 0 Å². The standard InChI is InChI=1S/C22H22N2O4/c1-15-13-19(17(3)24(15)16(2)18-9-5-4-6-10-18)21(25)14-28-22(26)20-11-7-8-12-23(20)27/h4-13,16H,14H2,1-3H3/t16-/m1/s1. The fraction of sp³-hybridized carbons (Fsp3) is 0.227. The van der Waals surface area contributed by atoms with E-state index in [-0.39, 0.29) is 17.5 Å². The van der Waals surface area contributed by atoms with Crippen molar-refractivity contribution >= 4 is 11.8 Å². The molecule has 0 radical (unpaired) electrons. The Hall–Kier alpha value is -3.41. The zero-order chi connectivity index (χ0) is 20.3. The van der Waals surface area contributed by atoms with E-state index < -0.39 is 12.6 Å². The summed E-state index contributed by atoms with van der Waals surface area (Å²) in [7, 11) is 0. The maximum Gasteiger partial charge on any atom is 0.405 e. The highest BCUT2D eigenvalue weighted by atomic mass is 16.5. The number of esters is 1. The van der Waals surface area contributed by atoms with E-state index in [0.29, 0.717) is 10.3 Å². The summed E-state index contributed by atoms with van der Waals surface area (Å²) in [6.07, 6.45) is 1.21. The molecule has 1 atom stereocenters. The molecule has 0 aliphatic rings. The average molecular weight is 378 g/mol. The van der Waals surface area contributed by atoms with Crippen LogP contribution in [0.15, 0.2) is 60.8 Å². The number of benzene rings is 1. The van der Waals surface area contributed by atoms with Crippen LogP contribution in [0.3, 0.4) is 0 Å². The number of Topliss-reactive ketones (excluding diaryl/α,β-unsaturated/α-hetero) is 1. The van der Waals surface area contributed by atoms with Crippen LogP contribution >= 0.6 is 0 Å². The van der Waals surface area contributed by atoms with Gasteiger partial charge in [0.2, 0.25) is 5.78 Å². The van der Waals surface area contributed by atoms with Crippen LogP contribution in [-0.4, -0.2) is 22.9 Å². The van der Waals surface area contributed by atoms with Gasteiger partial charge in [-0.2, -0.15) is 4.73 Å². The Labute approximate surface area is 163 Å². The maximum absolute atomic E-state index is 12.6. The van der Waals surface area contributed by atoms with Crippen LogP contribution in [0.1, 0.15) is 50.8 Å². The topological polar surface area (TPSA) is 75.2 Å². The van der Waals surface area contributed by atoms with E-state index in [1.165, 1.54) is 18.3 Å². The van der Waals surface area contributed by atoms with Crippen LogP contribution in [0.25, 0.3) is 0 Å². The highest BCUT2D eigenvalue weighted by molar-refractivity contribution is 6.00. The van der Waals surface area contributed by atoms with Crippen molar-refractivity contribution < 1.29 is 19.1 Å². The van der Waals surface area contributed by atoms with E-state index in [4.69, 9.17) is 4.74 Å². The molecule has 0 N–H and O–H groups in total. The summed E-state index contributed by atoms with van der Waals surface area (Å²) in [5, 5.41) is 11.6. The molecule has 6 nitrogen and oxygen atoms in total. The summed E-state index contributed by atoms with van der Waals surface area (Å²) in [5.74, 6) is -1.13. The average Bonchev–Trinajstić information content (AvgIpc) is 3.00. The molecule has 3 aromatic rings. The molecule has 0 unspecified atom stereocenters. The molecule has 2 aromatic heterocycles. The largest absolute Gasteiger partial charge is 0.618 e. The van der Waals surface area contributed by atoms with Crippen molar-refractivity contribution in [2.75, 3.05) is 6.61 Å². The molecule has 0 aliphatic carbocycles. The quantitative estimate of drug-likeness (QED) is 0.285. The van der Waals surface area contributed by atoms with E-state index in [2.05, 4.69) is 11.5 Å². The normalized spacial score (nSPS) is 11.8. The monoisotopic (exact) mass is 378 g/mol. The number of hydrogen-bond acceptors (Lipinski definition) is 4. The smallest absolute Gasteiger partial charge is 0.405 e. The number of carbonyl (C=O) groups excluding carboxylic acids is 2. The number of ether oxygens (including phenoxy) is 1. The second kappa shape index (κ2) is 8.08. The molecule has 0 saturated heterocycles. The minimum atomic E-state index is -0.824. The second-order valence-electron chi connectivity index (χ2n) is 6.65. The molecular weight excluding hydrogens is 356 g/mol. The van der Waals surface area contributed by atoms with Crippen LogP contribution < -0.4 is 4.73 Å². The highest BCUT2D eigenvalue weighted by Crippen LogP contribution is 2.25. The Morgan fingerprint density at radius 3 is 2.46 bits per heavy atom. The van der Waals surface area contributed by atoms with Gasteiger partial charge in [0, 0.05) is 29.1 Å². The van der Waals surface area contributed by atoms with Gasteiger partial charge in [0.15, 0.2) is 12.8 Å². The molecule has 6 heteroatoms. The van der Waals surface area contributed by atoms with Gasteiger partial charge in [-0.1, -0.05) is 30.3 Å². The van der Waals surface area contributed by atoms with Gasteiger partial charge in [-0.25, -0.2) is 4.79 Å². The van der Waals surface area contributed by atoms with Gasteiger partial charge in [0.1, 0.15) is 0 Å². The lowest BCUT2D eigenvalue weighted by Crippen LogP contribution is -2.35. The predicted octanol–water partition coefficient (Wildman–Crippen LogP) is 3.39. The Morgan fingerprint density at radius 2 is 1.79 bits per heavy atom. The summed E-state index contributed by atoms with van der Waals surface area (Å²) in [4.78, 5) is 24.7. The van der Waals surface area contributed by atoms with Crippen molar-refractivity contribution in [3.05, 3.63) is 94.2 Å². The molecule has 0 saturated carbocycles. The van der Waals surface area contributed by atoms with Crippen molar-refractivity contribution in [1.29, 1.82) is 0 Å². The molecule has 3 rings (SSSR count). The Kier molecular flexibility index (Phi) is 5.59. The van der Waals surface area contributed by atoms with Crippen LogP contribution in [-0.2, 0) is 4.74 Å². The molecular formula is C22H22N2O4. The third kappa shape index (κ3) is 3.81. The van der Waals surface area contributed by atoms with E-state index in [1.54, 1.807) is 12.1 Å². The first-order valence-corrected chi connectivity index (χ1v) is 9.02. The van der Waals surface area contributed by atoms with Gasteiger partial charge >= 0.3 is 11.7 Å². The lowest BCUT2D eigenvalue weighted by atomic mass is 10.1. The lowest BCUT2D eigenvalue weighted by Gasteiger charge is -2.19. The summed E-state index contributed by atoms with van der Waals surface area (Å²) >= 11 is 0. The molecule has 0 spiro atoms. The second-order valence-corrected chi connectivity index (χ2v) is 6.65. The molecule has 0 amide bonds. The van der Waals surface area contributed by atoms with E-state index in [9.17, 15) is 14.8 Å². The molecule has 2 heterocycles. The minimum absolute atomic E-state index is 0.0639. The summed E-state index contributed by atoms with van der Waals surface area (Å²) in [6.45, 7) is 5.48. The summed E-state index contributed by atoms with van der Waals surface area (Å²) in [6, 6.07) is 16.3. The third-order valence-electron chi connectivity index (χ3n) is 4.82. The van der Waals surface area contributed by atoms with Crippen LogP contribution in [0.5, 0.6) is 0 Å². The summed E-state index contributed by atoms with van der Waals surface area (Å²) < 4.78 is 7.56. The number of carbonyl (C=O) groups is 2. The van der Waals surface area contributed by atoms with Crippen LogP contribution in [0.4, 0.5) is 0 Å². The number of rotatable bonds is 6. The van der Waals surface area contributed by atoms with E-state index >= 15 is 0 Å². The van der Waals surface area contributed by atoms with Gasteiger partial charge in [-0.15, -0.1) is 0 Å². The fourth-order valence-corrected chi connectivity index (χ4v) is 3.41. The number of aryl methyl sites for hydroxylation is 1. The first-order valence-electron chi connectivity index (χ1n) is 9.02.